The van der Waals surface area contributed by atoms with Crippen LogP contribution >= 0.6 is 0 Å². The molecular weight excluding hydrogens is 761 g/mol. The van der Waals surface area contributed by atoms with Crippen LogP contribution in [0.1, 0.15) is 91.3 Å². The third kappa shape index (κ3) is 13.8. The number of carboxylic acid groups (broad SMARTS) is 1. The van der Waals surface area contributed by atoms with E-state index in [4.69, 9.17) is 18.7 Å². The maximum absolute atomic E-state index is 13.5. The summed E-state index contributed by atoms with van der Waals surface area (Å²) in [5, 5.41) is 18.7. The minimum Gasteiger partial charge on any atom is -0.493 e. The Hall–Kier alpha value is -6.48. The number of hydrogen-bond acceptors (Lipinski definition) is 10. The van der Waals surface area contributed by atoms with Gasteiger partial charge in [0.05, 0.1) is 37.2 Å². The van der Waals surface area contributed by atoms with Crippen molar-refractivity contribution >= 4 is 36.1 Å². The third-order valence-electron chi connectivity index (χ3n) is 9.36. The summed E-state index contributed by atoms with van der Waals surface area (Å²) in [4.78, 5) is 82.2. The standard InChI is InChI=1S/C44H52N4O11/c1-4-7-10-19-33(36(5-2)48(29-49)58-27-31-17-13-9-14-18-31)41(51)45-28-46-43(53)38-23-22-37(59-38)32-20-21-34(39(24-32)56-6-3)42(52)47-35(44(54)55)25-40(50)57-26-30-15-11-8-12-16-30/h8-9,11-18,20-24,29,33,35-36H,4-7,10,19,25-28H2,1-3H3,(H,45,51)(H,46,53)(H,47,52)(H,54,55). The molecule has 0 spiro atoms. The molecule has 1 aromatic heterocycles. The van der Waals surface area contributed by atoms with E-state index in [0.29, 0.717) is 24.8 Å². The van der Waals surface area contributed by atoms with Gasteiger partial charge in [0, 0.05) is 5.56 Å². The van der Waals surface area contributed by atoms with Crippen molar-refractivity contribution in [2.45, 2.75) is 84.6 Å². The second kappa shape index (κ2) is 23.7. The largest absolute Gasteiger partial charge is 0.493 e. The van der Waals surface area contributed by atoms with Gasteiger partial charge in [-0.15, -0.1) is 0 Å². The van der Waals surface area contributed by atoms with Gasteiger partial charge < -0.3 is 34.9 Å². The Balaban J connectivity index is 1.37. The lowest BCUT2D eigenvalue weighted by atomic mass is 9.90. The number of carboxylic acids is 1. The molecule has 0 aliphatic heterocycles. The summed E-state index contributed by atoms with van der Waals surface area (Å²) in [6, 6.07) is 23.6. The fourth-order valence-corrected chi connectivity index (χ4v) is 6.26. The van der Waals surface area contributed by atoms with Gasteiger partial charge in [0.1, 0.15) is 30.8 Å². The molecule has 0 fully saturated rings. The molecule has 59 heavy (non-hydrogen) atoms. The first-order valence-corrected chi connectivity index (χ1v) is 19.6. The van der Waals surface area contributed by atoms with Crippen molar-refractivity contribution in [3.8, 4) is 17.1 Å². The monoisotopic (exact) mass is 812 g/mol. The zero-order chi connectivity index (χ0) is 42.6. The summed E-state index contributed by atoms with van der Waals surface area (Å²) in [6.45, 7) is 5.73. The van der Waals surface area contributed by atoms with E-state index in [2.05, 4.69) is 22.9 Å². The van der Waals surface area contributed by atoms with Gasteiger partial charge in [-0.1, -0.05) is 99.8 Å². The minimum absolute atomic E-state index is 0.0112. The normalized spacial score (nSPS) is 12.3. The van der Waals surface area contributed by atoms with E-state index in [1.807, 2.05) is 43.3 Å². The van der Waals surface area contributed by atoms with Gasteiger partial charge in [-0.2, -0.15) is 0 Å². The van der Waals surface area contributed by atoms with E-state index in [0.717, 1.165) is 30.4 Å². The van der Waals surface area contributed by atoms with E-state index < -0.39 is 48.2 Å². The first kappa shape index (κ1) is 45.2. The number of ether oxygens (including phenoxy) is 2. The summed E-state index contributed by atoms with van der Waals surface area (Å²) in [6.07, 6.45) is 3.60. The fourth-order valence-electron chi connectivity index (χ4n) is 6.26. The van der Waals surface area contributed by atoms with E-state index in [1.54, 1.807) is 37.3 Å². The number of unbranched alkanes of at least 4 members (excludes halogenated alkanes) is 2. The number of carbonyl (C=O) groups is 6. The average molecular weight is 813 g/mol. The van der Waals surface area contributed by atoms with Crippen LogP contribution in [0.3, 0.4) is 0 Å². The summed E-state index contributed by atoms with van der Waals surface area (Å²) >= 11 is 0. The molecule has 0 saturated carbocycles. The number of esters is 1. The number of rotatable bonds is 25. The number of hydrogen-bond donors (Lipinski definition) is 4. The summed E-state index contributed by atoms with van der Waals surface area (Å²) < 4.78 is 16.7. The van der Waals surface area contributed by atoms with Crippen molar-refractivity contribution in [3.63, 3.8) is 0 Å². The van der Waals surface area contributed by atoms with E-state index in [-0.39, 0.29) is 55.2 Å². The molecule has 0 radical (unpaired) electrons. The molecule has 4 N–H and O–H groups in total. The number of benzene rings is 3. The van der Waals surface area contributed by atoms with Crippen LogP contribution in [0.2, 0.25) is 0 Å². The van der Waals surface area contributed by atoms with Crippen LogP contribution in [-0.2, 0) is 42.0 Å². The zero-order valence-corrected chi connectivity index (χ0v) is 33.5. The van der Waals surface area contributed by atoms with Crippen LogP contribution in [0.15, 0.2) is 95.4 Å². The van der Waals surface area contributed by atoms with E-state index in [1.165, 1.54) is 29.3 Å². The van der Waals surface area contributed by atoms with Gasteiger partial charge in [0.15, 0.2) is 5.76 Å². The van der Waals surface area contributed by atoms with Crippen molar-refractivity contribution in [2.24, 2.45) is 5.92 Å². The molecule has 3 atom stereocenters. The van der Waals surface area contributed by atoms with Gasteiger partial charge in [0.2, 0.25) is 12.3 Å². The molecule has 15 nitrogen and oxygen atoms in total. The van der Waals surface area contributed by atoms with Crippen LogP contribution in [0.4, 0.5) is 0 Å². The first-order chi connectivity index (χ1) is 28.6. The predicted octanol–water partition coefficient (Wildman–Crippen LogP) is 6.03. The van der Waals surface area contributed by atoms with Crippen molar-refractivity contribution < 1.29 is 52.6 Å². The van der Waals surface area contributed by atoms with Crippen LogP contribution in [0, 0.1) is 5.92 Å². The minimum atomic E-state index is -1.57. The highest BCUT2D eigenvalue weighted by Crippen LogP contribution is 2.29. The molecule has 1 heterocycles. The average Bonchev–Trinajstić information content (AvgIpc) is 3.75. The highest BCUT2D eigenvalue weighted by molar-refractivity contribution is 6.00. The quantitative estimate of drug-likeness (QED) is 0.0200. The molecule has 0 aliphatic rings. The number of nitrogens with zero attached hydrogens (tertiary/aromatic N) is 1. The fraction of sp³-hybridized carbons (Fsp3) is 0.364. The van der Waals surface area contributed by atoms with Crippen LogP contribution < -0.4 is 20.7 Å². The summed E-state index contributed by atoms with van der Waals surface area (Å²) in [5.74, 6) is -4.22. The molecule has 314 valence electrons. The Morgan fingerprint density at radius 1 is 0.831 bits per heavy atom. The van der Waals surface area contributed by atoms with Crippen molar-refractivity contribution in [3.05, 3.63) is 113 Å². The highest BCUT2D eigenvalue weighted by Gasteiger charge is 2.32. The summed E-state index contributed by atoms with van der Waals surface area (Å²) in [5.41, 5.74) is 2.07. The molecule has 0 aliphatic carbocycles. The molecule has 3 aromatic carbocycles. The second-order valence-corrected chi connectivity index (χ2v) is 13.5. The van der Waals surface area contributed by atoms with Gasteiger partial charge >= 0.3 is 11.9 Å². The van der Waals surface area contributed by atoms with Gasteiger partial charge in [-0.05, 0) is 55.2 Å². The maximum Gasteiger partial charge on any atom is 0.326 e. The predicted molar refractivity (Wildman–Crippen MR) is 216 cm³/mol. The summed E-state index contributed by atoms with van der Waals surface area (Å²) in [7, 11) is 0. The van der Waals surface area contributed by atoms with Crippen LogP contribution in [0.5, 0.6) is 5.75 Å². The van der Waals surface area contributed by atoms with Crippen LogP contribution in [0.25, 0.3) is 11.3 Å². The van der Waals surface area contributed by atoms with E-state index in [9.17, 15) is 33.9 Å². The first-order valence-electron chi connectivity index (χ1n) is 19.6. The lowest BCUT2D eigenvalue weighted by Crippen LogP contribution is -2.48. The number of carbonyl (C=O) groups excluding carboxylic acids is 5. The van der Waals surface area contributed by atoms with Gasteiger partial charge in [-0.25, -0.2) is 9.86 Å². The molecule has 4 aromatic rings. The highest BCUT2D eigenvalue weighted by atomic mass is 16.7. The SMILES string of the molecule is CCCCCC(C(=O)NCNC(=O)c1ccc(-c2ccc(C(=O)NC(CC(=O)OCc3ccccc3)C(=O)O)c(OCC)c2)o1)C(CC)N(C=O)OCc1ccccc1. The van der Waals surface area contributed by atoms with Gasteiger partial charge in [0.25, 0.3) is 11.8 Å². The topological polar surface area (TPSA) is 203 Å². The molecule has 0 saturated heterocycles. The molecular formula is C44H52N4O11. The molecule has 3 unspecified atom stereocenters. The Kier molecular flexibility index (Phi) is 18.2. The zero-order valence-electron chi connectivity index (χ0n) is 33.5. The third-order valence-corrected chi connectivity index (χ3v) is 9.36. The molecule has 0 bridgehead atoms. The Morgan fingerprint density at radius 3 is 2.15 bits per heavy atom. The molecule has 15 heteroatoms. The Labute approximate surface area is 343 Å². The lowest BCUT2D eigenvalue weighted by molar-refractivity contribution is -0.200. The number of furan rings is 1. The number of aliphatic carboxylic acids is 1. The number of hydroxylamine groups is 2. The Morgan fingerprint density at radius 2 is 1.53 bits per heavy atom. The molecule has 4 rings (SSSR count). The number of amides is 4. The second-order valence-electron chi connectivity index (χ2n) is 13.5. The van der Waals surface area contributed by atoms with Crippen molar-refractivity contribution in [1.29, 1.82) is 0 Å². The smallest absolute Gasteiger partial charge is 0.326 e. The molecule has 4 amide bonds. The van der Waals surface area contributed by atoms with Gasteiger partial charge in [-0.3, -0.25) is 28.8 Å². The lowest BCUT2D eigenvalue weighted by Gasteiger charge is -2.32. The van der Waals surface area contributed by atoms with Crippen LogP contribution in [-0.4, -0.2) is 71.6 Å². The van der Waals surface area contributed by atoms with Crippen molar-refractivity contribution in [2.75, 3.05) is 13.3 Å². The van der Waals surface area contributed by atoms with E-state index >= 15 is 0 Å². The maximum atomic E-state index is 13.5. The van der Waals surface area contributed by atoms with Crippen molar-refractivity contribution in [1.82, 2.24) is 21.0 Å². The Bertz CT molecular complexity index is 1990. The number of nitrogens with one attached hydrogen (secondary N) is 3.